The topological polar surface area (TPSA) is 55.4 Å². The minimum atomic E-state index is -0.922. The average molecular weight is 334 g/mol. The molecule has 1 rings (SSSR count). The van der Waals surface area contributed by atoms with Crippen LogP contribution >= 0.6 is 15.9 Å². The van der Waals surface area contributed by atoms with E-state index < -0.39 is 10.8 Å². The Hall–Kier alpha value is -0.880. The summed E-state index contributed by atoms with van der Waals surface area (Å²) in [7, 11) is 0.646. The van der Waals surface area contributed by atoms with E-state index in [1.54, 1.807) is 31.6 Å². The molecule has 0 aliphatic carbocycles. The Labute approximate surface area is 118 Å². The Kier molecular flexibility index (Phi) is 5.81. The molecule has 4 nitrogen and oxygen atoms in total. The maximum atomic E-state index is 11.9. The predicted molar refractivity (Wildman–Crippen MR) is 76.6 cm³/mol. The van der Waals surface area contributed by atoms with Gasteiger partial charge in [-0.2, -0.15) is 0 Å². The van der Waals surface area contributed by atoms with Crippen molar-refractivity contribution in [2.75, 3.05) is 19.1 Å². The van der Waals surface area contributed by atoms with Crippen LogP contribution in [0.1, 0.15) is 17.3 Å². The lowest BCUT2D eigenvalue weighted by Crippen LogP contribution is -2.36. The van der Waals surface area contributed by atoms with Crippen LogP contribution in [0.3, 0.4) is 0 Å². The molecule has 1 aromatic carbocycles. The van der Waals surface area contributed by atoms with Gasteiger partial charge in [0.2, 0.25) is 0 Å². The summed E-state index contributed by atoms with van der Waals surface area (Å²) < 4.78 is 16.9. The number of hydrogen-bond donors (Lipinski definition) is 1. The second-order valence-corrected chi connectivity index (χ2v) is 6.30. The Morgan fingerprint density at radius 2 is 2.22 bits per heavy atom. The number of hydrogen-bond acceptors (Lipinski definition) is 3. The summed E-state index contributed by atoms with van der Waals surface area (Å²) in [6, 6.07) is 4.99. The van der Waals surface area contributed by atoms with Crippen LogP contribution in [-0.2, 0) is 10.8 Å². The van der Waals surface area contributed by atoms with E-state index >= 15 is 0 Å². The summed E-state index contributed by atoms with van der Waals surface area (Å²) in [5.41, 5.74) is 0.538. The molecule has 6 heteroatoms. The lowest BCUT2D eigenvalue weighted by molar-refractivity contribution is 0.0943. The van der Waals surface area contributed by atoms with Crippen molar-refractivity contribution in [3.05, 3.63) is 28.2 Å². The maximum absolute atomic E-state index is 11.9. The number of halogens is 1. The van der Waals surface area contributed by atoms with E-state index in [1.165, 1.54) is 0 Å². The number of nitrogens with one attached hydrogen (secondary N) is 1. The zero-order valence-electron chi connectivity index (χ0n) is 10.5. The lowest BCUT2D eigenvalue weighted by atomic mass is 10.2. The number of amides is 1. The summed E-state index contributed by atoms with van der Waals surface area (Å²) in [6.07, 6.45) is 1.62. The van der Waals surface area contributed by atoms with Crippen molar-refractivity contribution < 1.29 is 13.7 Å². The Bertz CT molecular complexity index is 465. The molecule has 0 aromatic heterocycles. The van der Waals surface area contributed by atoms with Gasteiger partial charge in [0.25, 0.3) is 5.91 Å². The van der Waals surface area contributed by atoms with Crippen LogP contribution in [-0.4, -0.2) is 35.3 Å². The van der Waals surface area contributed by atoms with E-state index in [9.17, 15) is 9.00 Å². The summed E-state index contributed by atoms with van der Waals surface area (Å²) in [5.74, 6) is 0.939. The molecule has 0 bridgehead atoms. The molecule has 100 valence electrons. The van der Waals surface area contributed by atoms with Gasteiger partial charge in [-0.3, -0.25) is 9.00 Å². The van der Waals surface area contributed by atoms with E-state index in [1.807, 2.05) is 6.92 Å². The zero-order valence-corrected chi connectivity index (χ0v) is 12.9. The fourth-order valence-electron chi connectivity index (χ4n) is 1.51. The van der Waals surface area contributed by atoms with Crippen LogP contribution in [0, 0.1) is 0 Å². The minimum absolute atomic E-state index is 0.121. The molecule has 1 N–H and O–H groups in total. The maximum Gasteiger partial charge on any atom is 0.251 e. The van der Waals surface area contributed by atoms with Gasteiger partial charge in [0.1, 0.15) is 5.75 Å². The van der Waals surface area contributed by atoms with Gasteiger partial charge in [0, 0.05) is 34.4 Å². The summed E-state index contributed by atoms with van der Waals surface area (Å²) in [6.45, 7) is 1.83. The number of carbonyl (C=O) groups is 1. The smallest absolute Gasteiger partial charge is 0.251 e. The largest absolute Gasteiger partial charge is 0.496 e. The first-order chi connectivity index (χ1) is 8.43. The first-order valence-electron chi connectivity index (χ1n) is 5.38. The minimum Gasteiger partial charge on any atom is -0.496 e. The number of benzene rings is 1. The van der Waals surface area contributed by atoms with Gasteiger partial charge in [-0.05, 0) is 41.1 Å². The molecule has 0 aliphatic heterocycles. The van der Waals surface area contributed by atoms with Gasteiger partial charge in [0.05, 0.1) is 11.6 Å². The van der Waals surface area contributed by atoms with E-state index in [0.717, 1.165) is 4.47 Å². The van der Waals surface area contributed by atoms with E-state index in [2.05, 4.69) is 21.2 Å². The van der Waals surface area contributed by atoms with Crippen molar-refractivity contribution in [1.82, 2.24) is 5.32 Å². The highest BCUT2D eigenvalue weighted by molar-refractivity contribution is 9.10. The van der Waals surface area contributed by atoms with Crippen molar-refractivity contribution in [3.8, 4) is 5.75 Å². The molecule has 2 atom stereocenters. The first kappa shape index (κ1) is 15.2. The molecule has 0 saturated heterocycles. The van der Waals surface area contributed by atoms with Gasteiger partial charge in [-0.15, -0.1) is 0 Å². The SMILES string of the molecule is COc1ccc(C(=O)NC(C)CS(C)=O)cc1Br. The molecule has 18 heavy (non-hydrogen) atoms. The molecule has 2 unspecified atom stereocenters. The standard InChI is InChI=1S/C12H16BrNO3S/c1-8(7-18(3)16)14-12(15)9-4-5-11(17-2)10(13)6-9/h4-6,8H,7H2,1-3H3,(H,14,15). The van der Waals surface area contributed by atoms with Gasteiger partial charge < -0.3 is 10.1 Å². The molecule has 0 saturated carbocycles. The van der Waals surface area contributed by atoms with Crippen molar-refractivity contribution in [3.63, 3.8) is 0 Å². The Morgan fingerprint density at radius 1 is 1.56 bits per heavy atom. The summed E-state index contributed by atoms with van der Waals surface area (Å²) in [5, 5.41) is 2.80. The highest BCUT2D eigenvalue weighted by Crippen LogP contribution is 2.25. The predicted octanol–water partition coefficient (Wildman–Crippen LogP) is 1.95. The monoisotopic (exact) mass is 333 g/mol. The molecular weight excluding hydrogens is 318 g/mol. The van der Waals surface area contributed by atoms with Crippen LogP contribution in [0.4, 0.5) is 0 Å². The number of carbonyl (C=O) groups excluding carboxylic acids is 1. The third-order valence-electron chi connectivity index (χ3n) is 2.28. The fourth-order valence-corrected chi connectivity index (χ4v) is 2.84. The van der Waals surface area contributed by atoms with E-state index in [0.29, 0.717) is 17.1 Å². The van der Waals surface area contributed by atoms with Gasteiger partial charge >= 0.3 is 0 Å². The van der Waals surface area contributed by atoms with Crippen LogP contribution in [0.15, 0.2) is 22.7 Å². The third kappa shape index (κ3) is 4.42. The molecule has 0 spiro atoms. The van der Waals surface area contributed by atoms with E-state index in [4.69, 9.17) is 4.74 Å². The molecule has 0 heterocycles. The average Bonchev–Trinajstić information content (AvgIpc) is 2.27. The fraction of sp³-hybridized carbons (Fsp3) is 0.417. The van der Waals surface area contributed by atoms with Crippen molar-refractivity contribution >= 4 is 32.6 Å². The van der Waals surface area contributed by atoms with Crippen molar-refractivity contribution in [2.45, 2.75) is 13.0 Å². The van der Waals surface area contributed by atoms with Crippen LogP contribution in [0.25, 0.3) is 0 Å². The molecule has 0 radical (unpaired) electrons. The summed E-state index contributed by atoms with van der Waals surface area (Å²) in [4.78, 5) is 11.9. The highest BCUT2D eigenvalue weighted by Gasteiger charge is 2.12. The van der Waals surface area contributed by atoms with Gasteiger partial charge in [0.15, 0.2) is 0 Å². The first-order valence-corrected chi connectivity index (χ1v) is 7.90. The van der Waals surface area contributed by atoms with Gasteiger partial charge in [-0.1, -0.05) is 0 Å². The second-order valence-electron chi connectivity index (χ2n) is 3.96. The number of ether oxygens (including phenoxy) is 1. The van der Waals surface area contributed by atoms with Crippen molar-refractivity contribution in [2.24, 2.45) is 0 Å². The van der Waals surface area contributed by atoms with Gasteiger partial charge in [-0.25, -0.2) is 0 Å². The molecule has 0 fully saturated rings. The Morgan fingerprint density at radius 3 is 2.72 bits per heavy atom. The quantitative estimate of drug-likeness (QED) is 0.896. The van der Waals surface area contributed by atoms with Crippen LogP contribution in [0.2, 0.25) is 0 Å². The molecule has 0 aliphatic rings. The van der Waals surface area contributed by atoms with Crippen LogP contribution in [0.5, 0.6) is 5.75 Å². The lowest BCUT2D eigenvalue weighted by Gasteiger charge is -2.13. The highest BCUT2D eigenvalue weighted by atomic mass is 79.9. The van der Waals surface area contributed by atoms with E-state index in [-0.39, 0.29) is 11.9 Å². The van der Waals surface area contributed by atoms with Crippen molar-refractivity contribution in [1.29, 1.82) is 0 Å². The number of rotatable bonds is 5. The normalized spacial score (nSPS) is 13.8. The Balaban J connectivity index is 2.72. The third-order valence-corrected chi connectivity index (χ3v) is 3.87. The second kappa shape index (κ2) is 6.89. The number of methoxy groups -OCH3 is 1. The molecular formula is C12H16BrNO3S. The molecule has 1 aromatic rings. The zero-order chi connectivity index (χ0) is 13.7. The van der Waals surface area contributed by atoms with Crippen LogP contribution < -0.4 is 10.1 Å². The summed E-state index contributed by atoms with van der Waals surface area (Å²) >= 11 is 3.33. The molecule has 1 amide bonds.